The largest absolute Gasteiger partial charge is 0.478 e. The molecule has 2 rings (SSSR count). The Bertz CT molecular complexity index is 972. The fourth-order valence-electron chi connectivity index (χ4n) is 3.35. The lowest BCUT2D eigenvalue weighted by Gasteiger charge is -2.32. The highest BCUT2D eigenvalue weighted by Crippen LogP contribution is 2.43. The van der Waals surface area contributed by atoms with Crippen molar-refractivity contribution < 1.29 is 46.5 Å². The molecule has 0 saturated heterocycles. The Morgan fingerprint density at radius 3 is 2.35 bits per heavy atom. The third kappa shape index (κ3) is 4.86. The molecule has 2 unspecified atom stereocenters. The van der Waals surface area contributed by atoms with E-state index in [1.54, 1.807) is 0 Å². The van der Waals surface area contributed by atoms with Crippen molar-refractivity contribution in [3.8, 4) is 0 Å². The molecule has 11 heteroatoms. The second kappa shape index (κ2) is 9.63. The molecule has 31 heavy (non-hydrogen) atoms. The zero-order valence-electron chi connectivity index (χ0n) is 16.7. The molecular weight excluding hydrogens is 426 g/mol. The number of methoxy groups -OCH3 is 1. The van der Waals surface area contributed by atoms with Gasteiger partial charge in [-0.05, 0) is 18.6 Å². The molecule has 0 saturated carbocycles. The number of rotatable bonds is 7. The van der Waals surface area contributed by atoms with Gasteiger partial charge >= 0.3 is 17.9 Å². The molecule has 1 aromatic carbocycles. The molecule has 0 fully saturated rings. The molecule has 2 N–H and O–H groups in total. The van der Waals surface area contributed by atoms with Gasteiger partial charge in [0.25, 0.3) is 6.43 Å². The average molecular weight is 445 g/mol. The van der Waals surface area contributed by atoms with E-state index in [0.29, 0.717) is 0 Å². The van der Waals surface area contributed by atoms with E-state index in [0.717, 1.165) is 32.2 Å². The topological polar surface area (TPSA) is 102 Å². The lowest BCUT2D eigenvalue weighted by atomic mass is 9.77. The molecule has 1 aliphatic heterocycles. The number of carboxylic acids is 1. The third-order valence-electron chi connectivity index (χ3n) is 4.59. The van der Waals surface area contributed by atoms with E-state index < -0.39 is 65.5 Å². The highest BCUT2D eigenvalue weighted by molar-refractivity contribution is 5.99. The number of benzene rings is 1. The van der Waals surface area contributed by atoms with Crippen molar-refractivity contribution in [3.63, 3.8) is 0 Å². The van der Waals surface area contributed by atoms with Crippen LogP contribution >= 0.6 is 0 Å². The minimum absolute atomic E-state index is 0.0340. The summed E-state index contributed by atoms with van der Waals surface area (Å²) in [6, 6.07) is 2.86. The molecule has 0 radical (unpaired) electrons. The second-order valence-electron chi connectivity index (χ2n) is 6.54. The van der Waals surface area contributed by atoms with Crippen LogP contribution in [-0.2, 0) is 23.9 Å². The SMILES string of the molecule is COC(=O)C1=C(C)NC(COC(C)=O)=C(C(=O)O)C1c1cccc(F)c1C(F)C(F)F. The normalized spacial score (nSPS) is 17.4. The highest BCUT2D eigenvalue weighted by Gasteiger charge is 2.41. The van der Waals surface area contributed by atoms with Gasteiger partial charge in [0.1, 0.15) is 12.4 Å². The standard InChI is InChI=1S/C20H19F4NO6/c1-8-13(20(29)30-3)15(16(19(27)28)12(25-8)7-31-9(2)26)10-5-4-6-11(21)14(10)17(22)18(23)24/h4-6,15,17-18,25H,7H2,1-3H3,(H,27,28). The number of hydrogen-bond donors (Lipinski definition) is 2. The van der Waals surface area contributed by atoms with E-state index in [1.807, 2.05) is 0 Å². The average Bonchev–Trinajstić information content (AvgIpc) is 2.69. The quantitative estimate of drug-likeness (QED) is 0.491. The van der Waals surface area contributed by atoms with E-state index in [4.69, 9.17) is 4.74 Å². The zero-order valence-corrected chi connectivity index (χ0v) is 16.7. The number of allylic oxidation sites excluding steroid dienone is 1. The molecule has 168 valence electrons. The molecule has 1 heterocycles. The van der Waals surface area contributed by atoms with Crippen LogP contribution in [0.25, 0.3) is 0 Å². The Balaban J connectivity index is 2.86. The number of carboxylic acid groups (broad SMARTS) is 1. The van der Waals surface area contributed by atoms with Gasteiger partial charge in [-0.15, -0.1) is 0 Å². The number of halogens is 4. The number of carbonyl (C=O) groups is 3. The van der Waals surface area contributed by atoms with Gasteiger partial charge in [-0.1, -0.05) is 12.1 Å². The summed E-state index contributed by atoms with van der Waals surface area (Å²) in [5.74, 6) is -6.43. The Hall–Kier alpha value is -3.37. The second-order valence-corrected chi connectivity index (χ2v) is 6.54. The summed E-state index contributed by atoms with van der Waals surface area (Å²) in [4.78, 5) is 35.7. The van der Waals surface area contributed by atoms with Gasteiger partial charge in [0.05, 0.1) is 29.9 Å². The van der Waals surface area contributed by atoms with E-state index in [9.17, 15) is 37.1 Å². The summed E-state index contributed by atoms with van der Waals surface area (Å²) >= 11 is 0. The number of ether oxygens (including phenoxy) is 2. The van der Waals surface area contributed by atoms with Crippen molar-refractivity contribution >= 4 is 17.9 Å². The van der Waals surface area contributed by atoms with Crippen molar-refractivity contribution in [2.75, 3.05) is 13.7 Å². The minimum Gasteiger partial charge on any atom is -0.478 e. The van der Waals surface area contributed by atoms with E-state index >= 15 is 0 Å². The predicted molar refractivity (Wildman–Crippen MR) is 98.1 cm³/mol. The first kappa shape index (κ1) is 23.9. The van der Waals surface area contributed by atoms with Crippen LogP contribution in [0, 0.1) is 5.82 Å². The Labute approximate surface area is 174 Å². The van der Waals surface area contributed by atoms with Crippen LogP contribution < -0.4 is 5.32 Å². The summed E-state index contributed by atoms with van der Waals surface area (Å²) < 4.78 is 64.6. The number of dihydropyridines is 1. The first-order chi connectivity index (χ1) is 14.5. The molecule has 1 aliphatic rings. The molecule has 2 atom stereocenters. The van der Waals surface area contributed by atoms with Crippen LogP contribution in [0.5, 0.6) is 0 Å². The van der Waals surface area contributed by atoms with Gasteiger partial charge in [-0.25, -0.2) is 27.2 Å². The van der Waals surface area contributed by atoms with Crippen LogP contribution in [0.15, 0.2) is 40.7 Å². The number of hydrogen-bond acceptors (Lipinski definition) is 6. The van der Waals surface area contributed by atoms with Crippen LogP contribution in [0.1, 0.15) is 37.1 Å². The van der Waals surface area contributed by atoms with Gasteiger partial charge in [-0.3, -0.25) is 4.79 Å². The summed E-state index contributed by atoms with van der Waals surface area (Å²) in [6.07, 6.45) is -6.70. The van der Waals surface area contributed by atoms with Crippen molar-refractivity contribution in [3.05, 3.63) is 57.7 Å². The van der Waals surface area contributed by atoms with Gasteiger partial charge < -0.3 is 19.9 Å². The number of carbonyl (C=O) groups excluding carboxylic acids is 2. The molecule has 0 bridgehead atoms. The molecule has 0 aromatic heterocycles. The fourth-order valence-corrected chi connectivity index (χ4v) is 3.35. The third-order valence-corrected chi connectivity index (χ3v) is 4.59. The summed E-state index contributed by atoms with van der Waals surface area (Å²) in [6.45, 7) is 1.85. The summed E-state index contributed by atoms with van der Waals surface area (Å²) in [5, 5.41) is 12.4. The lowest BCUT2D eigenvalue weighted by Crippen LogP contribution is -2.35. The van der Waals surface area contributed by atoms with Gasteiger partial charge in [0.15, 0.2) is 6.17 Å². The lowest BCUT2D eigenvalue weighted by molar-refractivity contribution is -0.141. The van der Waals surface area contributed by atoms with Crippen LogP contribution in [-0.4, -0.2) is 43.2 Å². The molecular formula is C20H19F4NO6. The molecule has 1 aromatic rings. The first-order valence-corrected chi connectivity index (χ1v) is 8.87. The highest BCUT2D eigenvalue weighted by atomic mass is 19.3. The van der Waals surface area contributed by atoms with Gasteiger partial charge in [-0.2, -0.15) is 0 Å². The van der Waals surface area contributed by atoms with Gasteiger partial charge in [0.2, 0.25) is 0 Å². The van der Waals surface area contributed by atoms with Crippen molar-refractivity contribution in [2.24, 2.45) is 0 Å². The fraction of sp³-hybridized carbons (Fsp3) is 0.350. The Kier molecular flexibility index (Phi) is 7.42. The minimum atomic E-state index is -3.61. The maximum absolute atomic E-state index is 14.4. The first-order valence-electron chi connectivity index (χ1n) is 8.87. The molecule has 0 amide bonds. The van der Waals surface area contributed by atoms with Crippen LogP contribution in [0.3, 0.4) is 0 Å². The van der Waals surface area contributed by atoms with Crippen LogP contribution in [0.2, 0.25) is 0 Å². The molecule has 7 nitrogen and oxygen atoms in total. The van der Waals surface area contributed by atoms with Crippen molar-refractivity contribution in [2.45, 2.75) is 32.4 Å². The number of aliphatic carboxylic acids is 1. The number of esters is 2. The summed E-state index contributed by atoms with van der Waals surface area (Å²) in [5.41, 5.74) is -2.69. The number of nitrogens with one attached hydrogen (secondary N) is 1. The van der Waals surface area contributed by atoms with Crippen LogP contribution in [0.4, 0.5) is 17.6 Å². The molecule has 0 aliphatic carbocycles. The monoisotopic (exact) mass is 445 g/mol. The van der Waals surface area contributed by atoms with Crippen molar-refractivity contribution in [1.82, 2.24) is 5.32 Å². The predicted octanol–water partition coefficient (Wildman–Crippen LogP) is 3.14. The van der Waals surface area contributed by atoms with Crippen molar-refractivity contribution in [1.29, 1.82) is 0 Å². The number of alkyl halides is 3. The van der Waals surface area contributed by atoms with E-state index in [-0.39, 0.29) is 17.0 Å². The zero-order chi connectivity index (χ0) is 23.5. The Morgan fingerprint density at radius 1 is 1.19 bits per heavy atom. The van der Waals surface area contributed by atoms with Gasteiger partial charge in [0, 0.05) is 18.2 Å². The van der Waals surface area contributed by atoms with E-state index in [2.05, 4.69) is 10.1 Å². The smallest absolute Gasteiger partial charge is 0.336 e. The summed E-state index contributed by atoms with van der Waals surface area (Å²) in [7, 11) is 1.00. The maximum atomic E-state index is 14.4. The maximum Gasteiger partial charge on any atom is 0.336 e. The molecule has 0 spiro atoms. The Morgan fingerprint density at radius 2 is 1.84 bits per heavy atom. The van der Waals surface area contributed by atoms with E-state index in [1.165, 1.54) is 6.92 Å².